The van der Waals surface area contributed by atoms with Gasteiger partial charge in [-0.1, -0.05) is 18.2 Å². The summed E-state index contributed by atoms with van der Waals surface area (Å²) in [7, 11) is -3.41. The number of hydrogen-bond acceptors (Lipinski definition) is 4. The summed E-state index contributed by atoms with van der Waals surface area (Å²) in [6.07, 6.45) is 3.56. The van der Waals surface area contributed by atoms with Gasteiger partial charge in [-0.05, 0) is 43.2 Å². The van der Waals surface area contributed by atoms with Gasteiger partial charge < -0.3 is 10.1 Å². The lowest BCUT2D eigenvalue weighted by atomic mass is 9.85. The zero-order chi connectivity index (χ0) is 14.9. The monoisotopic (exact) mass is 310 g/mol. The molecule has 2 aliphatic heterocycles. The first-order valence-corrected chi connectivity index (χ1v) is 9.11. The van der Waals surface area contributed by atoms with Crippen LogP contribution in [-0.2, 0) is 10.0 Å². The van der Waals surface area contributed by atoms with E-state index in [9.17, 15) is 8.42 Å². The van der Waals surface area contributed by atoms with Crippen molar-refractivity contribution in [2.75, 3.05) is 13.2 Å². The molecular formula is C15H22N2O3S. The molecule has 116 valence electrons. The molecule has 0 bridgehead atoms. The second-order valence-corrected chi connectivity index (χ2v) is 7.85. The molecular weight excluding hydrogens is 288 g/mol. The first-order valence-electron chi connectivity index (χ1n) is 7.51. The van der Waals surface area contributed by atoms with Gasteiger partial charge in [0.25, 0.3) is 0 Å². The maximum atomic E-state index is 11.4. The molecule has 3 unspecified atom stereocenters. The largest absolute Gasteiger partial charge is 0.493 e. The van der Waals surface area contributed by atoms with Crippen molar-refractivity contribution in [2.24, 2.45) is 5.14 Å². The Morgan fingerprint density at radius 2 is 2.05 bits per heavy atom. The van der Waals surface area contributed by atoms with Crippen LogP contribution >= 0.6 is 0 Å². The summed E-state index contributed by atoms with van der Waals surface area (Å²) in [5.41, 5.74) is 1.28. The topological polar surface area (TPSA) is 81.4 Å². The molecule has 2 aliphatic rings. The molecule has 6 heteroatoms. The van der Waals surface area contributed by atoms with E-state index in [4.69, 9.17) is 9.88 Å². The highest BCUT2D eigenvalue weighted by atomic mass is 32.2. The van der Waals surface area contributed by atoms with Gasteiger partial charge in [-0.15, -0.1) is 0 Å². The summed E-state index contributed by atoms with van der Waals surface area (Å²) < 4.78 is 28.4. The maximum Gasteiger partial charge on any atom is 0.213 e. The zero-order valence-corrected chi connectivity index (χ0v) is 12.8. The van der Waals surface area contributed by atoms with Gasteiger partial charge >= 0.3 is 0 Å². The van der Waals surface area contributed by atoms with Gasteiger partial charge in [0, 0.05) is 12.6 Å². The summed E-state index contributed by atoms with van der Waals surface area (Å²) >= 11 is 0. The average Bonchev–Trinajstić information content (AvgIpc) is 2.47. The van der Waals surface area contributed by atoms with Crippen molar-refractivity contribution in [1.29, 1.82) is 0 Å². The summed E-state index contributed by atoms with van der Waals surface area (Å²) in [5, 5.41) is 8.14. The smallest absolute Gasteiger partial charge is 0.213 e. The number of rotatable bonds is 3. The number of nitrogens with one attached hydrogen (secondary N) is 1. The van der Waals surface area contributed by atoms with Gasteiger partial charge in [0.1, 0.15) is 5.75 Å². The molecule has 3 atom stereocenters. The van der Waals surface area contributed by atoms with Crippen molar-refractivity contribution < 1.29 is 13.2 Å². The molecule has 0 saturated carbocycles. The number of fused-ring (bicyclic) bond motifs is 1. The molecule has 1 saturated heterocycles. The summed E-state index contributed by atoms with van der Waals surface area (Å²) in [6.45, 7) is 1.22. The Kier molecular flexibility index (Phi) is 4.19. The number of benzene rings is 1. The lowest BCUT2D eigenvalue weighted by molar-refractivity contribution is 0.248. The predicted molar refractivity (Wildman–Crippen MR) is 81.8 cm³/mol. The number of piperidine rings is 1. The van der Waals surface area contributed by atoms with Gasteiger partial charge in [-0.2, -0.15) is 0 Å². The van der Waals surface area contributed by atoms with Crippen LogP contribution in [0.2, 0.25) is 0 Å². The van der Waals surface area contributed by atoms with E-state index in [0.29, 0.717) is 24.9 Å². The van der Waals surface area contributed by atoms with Crippen LogP contribution in [0.15, 0.2) is 24.3 Å². The quantitative estimate of drug-likeness (QED) is 0.883. The lowest BCUT2D eigenvalue weighted by Crippen LogP contribution is -2.47. The molecule has 0 amide bonds. The minimum absolute atomic E-state index is 0.360. The Morgan fingerprint density at radius 1 is 1.24 bits per heavy atom. The standard InChI is InChI=1S/C15H22N2O3S/c16-21(18,19)13-6-5-12(17-10-13)9-11-7-8-20-15-4-2-1-3-14(11)15/h1-4,11-13,17H,5-10H2,(H2,16,18,19). The summed E-state index contributed by atoms with van der Waals surface area (Å²) in [5.74, 6) is 1.48. The van der Waals surface area contributed by atoms with E-state index >= 15 is 0 Å². The number of para-hydroxylation sites is 1. The minimum atomic E-state index is -3.41. The Hall–Kier alpha value is -1.11. The maximum absolute atomic E-state index is 11.4. The van der Waals surface area contributed by atoms with Gasteiger partial charge in [0.05, 0.1) is 11.9 Å². The predicted octanol–water partition coefficient (Wildman–Crippen LogP) is 1.35. The summed E-state index contributed by atoms with van der Waals surface area (Å²) in [4.78, 5) is 0. The number of ether oxygens (including phenoxy) is 1. The summed E-state index contributed by atoms with van der Waals surface area (Å²) in [6, 6.07) is 8.56. The average molecular weight is 310 g/mol. The third-order valence-electron chi connectivity index (χ3n) is 4.59. The van der Waals surface area contributed by atoms with E-state index in [1.165, 1.54) is 5.56 Å². The molecule has 1 fully saturated rings. The van der Waals surface area contributed by atoms with E-state index in [1.807, 2.05) is 18.2 Å². The Labute approximate surface area is 125 Å². The van der Waals surface area contributed by atoms with Crippen LogP contribution < -0.4 is 15.2 Å². The fourth-order valence-electron chi connectivity index (χ4n) is 3.38. The molecule has 3 rings (SSSR count). The number of hydrogen-bond donors (Lipinski definition) is 2. The van der Waals surface area contributed by atoms with Crippen molar-refractivity contribution in [1.82, 2.24) is 5.32 Å². The molecule has 2 heterocycles. The lowest BCUT2D eigenvalue weighted by Gasteiger charge is -2.33. The SMILES string of the molecule is NS(=O)(=O)C1CCC(CC2CCOc3ccccc32)NC1. The van der Waals surface area contributed by atoms with Crippen LogP contribution in [0.5, 0.6) is 5.75 Å². The van der Waals surface area contributed by atoms with Gasteiger partial charge in [0.15, 0.2) is 0 Å². The molecule has 3 N–H and O–H groups in total. The second kappa shape index (κ2) is 5.94. The Balaban J connectivity index is 1.62. The van der Waals surface area contributed by atoms with Crippen molar-refractivity contribution in [3.8, 4) is 5.75 Å². The van der Waals surface area contributed by atoms with Crippen molar-refractivity contribution in [2.45, 2.75) is 42.9 Å². The first-order chi connectivity index (χ1) is 10.0. The van der Waals surface area contributed by atoms with Crippen LogP contribution in [0.25, 0.3) is 0 Å². The fourth-order valence-corrected chi connectivity index (χ4v) is 4.17. The van der Waals surface area contributed by atoms with Crippen LogP contribution in [-0.4, -0.2) is 32.9 Å². The molecule has 0 aromatic heterocycles. The molecule has 0 spiro atoms. The van der Waals surface area contributed by atoms with Gasteiger partial charge in [-0.25, -0.2) is 13.6 Å². The van der Waals surface area contributed by atoms with E-state index in [0.717, 1.165) is 31.6 Å². The Morgan fingerprint density at radius 3 is 2.76 bits per heavy atom. The third kappa shape index (κ3) is 3.39. The minimum Gasteiger partial charge on any atom is -0.493 e. The van der Waals surface area contributed by atoms with E-state index in [-0.39, 0.29) is 0 Å². The number of sulfonamides is 1. The highest BCUT2D eigenvalue weighted by Crippen LogP contribution is 2.37. The molecule has 1 aromatic carbocycles. The highest BCUT2D eigenvalue weighted by molar-refractivity contribution is 7.89. The second-order valence-electron chi connectivity index (χ2n) is 6.00. The molecule has 0 radical (unpaired) electrons. The number of nitrogens with two attached hydrogens (primary N) is 1. The van der Waals surface area contributed by atoms with E-state index in [2.05, 4.69) is 11.4 Å². The van der Waals surface area contributed by atoms with Crippen molar-refractivity contribution >= 4 is 10.0 Å². The van der Waals surface area contributed by atoms with Crippen LogP contribution in [0.1, 0.15) is 37.2 Å². The number of primary sulfonamides is 1. The van der Waals surface area contributed by atoms with Crippen LogP contribution in [0, 0.1) is 0 Å². The normalized spacial score (nSPS) is 29.5. The zero-order valence-electron chi connectivity index (χ0n) is 12.0. The van der Waals surface area contributed by atoms with Crippen molar-refractivity contribution in [3.05, 3.63) is 29.8 Å². The highest BCUT2D eigenvalue weighted by Gasteiger charge is 2.30. The van der Waals surface area contributed by atoms with Gasteiger partial charge in [-0.3, -0.25) is 0 Å². The Bertz CT molecular complexity index is 595. The van der Waals surface area contributed by atoms with E-state index in [1.54, 1.807) is 0 Å². The molecule has 21 heavy (non-hydrogen) atoms. The van der Waals surface area contributed by atoms with Crippen LogP contribution in [0.4, 0.5) is 0 Å². The first kappa shape index (κ1) is 14.8. The molecule has 0 aliphatic carbocycles. The van der Waals surface area contributed by atoms with E-state index < -0.39 is 15.3 Å². The van der Waals surface area contributed by atoms with Crippen LogP contribution in [0.3, 0.4) is 0 Å². The molecule has 1 aromatic rings. The van der Waals surface area contributed by atoms with Gasteiger partial charge in [0.2, 0.25) is 10.0 Å². The fraction of sp³-hybridized carbons (Fsp3) is 0.600. The third-order valence-corrected chi connectivity index (χ3v) is 5.92. The molecule has 5 nitrogen and oxygen atoms in total. The van der Waals surface area contributed by atoms with Crippen molar-refractivity contribution in [3.63, 3.8) is 0 Å².